The van der Waals surface area contributed by atoms with E-state index >= 15 is 0 Å². The van der Waals surface area contributed by atoms with E-state index in [1.54, 1.807) is 62.4 Å². The zero-order valence-electron chi connectivity index (χ0n) is 17.9. The molecule has 0 saturated heterocycles. The van der Waals surface area contributed by atoms with Crippen LogP contribution in [0.15, 0.2) is 54.6 Å². The summed E-state index contributed by atoms with van der Waals surface area (Å²) < 4.78 is 34.6. The number of ether oxygens (including phenoxy) is 2. The Bertz CT molecular complexity index is 1150. The Morgan fingerprint density at radius 2 is 1.79 bits per heavy atom. The highest BCUT2D eigenvalue weighted by atomic mass is 19.3. The van der Waals surface area contributed by atoms with E-state index < -0.39 is 47.6 Å². The van der Waals surface area contributed by atoms with Crippen LogP contribution < -0.4 is 4.74 Å². The summed E-state index contributed by atoms with van der Waals surface area (Å²) in [5.41, 5.74) is -2.18. The van der Waals surface area contributed by atoms with E-state index in [9.17, 15) is 28.7 Å². The first kappa shape index (κ1) is 23.7. The molecular formula is C25H21F2NO5. The normalized spacial score (nSPS) is 21.2. The summed E-state index contributed by atoms with van der Waals surface area (Å²) in [5, 5.41) is 20.1. The van der Waals surface area contributed by atoms with Crippen LogP contribution in [-0.2, 0) is 14.3 Å². The number of aliphatic carboxylic acids is 1. The molecule has 33 heavy (non-hydrogen) atoms. The Labute approximate surface area is 189 Å². The minimum atomic E-state index is -2.83. The van der Waals surface area contributed by atoms with Gasteiger partial charge in [-0.15, -0.1) is 0 Å². The van der Waals surface area contributed by atoms with Crippen LogP contribution in [0.1, 0.15) is 25.3 Å². The van der Waals surface area contributed by atoms with Gasteiger partial charge in [-0.25, -0.2) is 13.6 Å². The lowest BCUT2D eigenvalue weighted by molar-refractivity contribution is -0.145. The van der Waals surface area contributed by atoms with Crippen LogP contribution in [0.4, 0.5) is 8.78 Å². The molecule has 2 aromatic rings. The summed E-state index contributed by atoms with van der Waals surface area (Å²) in [6.45, 7) is 2.18. The lowest BCUT2D eigenvalue weighted by Crippen LogP contribution is -2.28. The molecule has 0 amide bonds. The van der Waals surface area contributed by atoms with Crippen molar-refractivity contribution in [3.05, 3.63) is 60.2 Å². The van der Waals surface area contributed by atoms with Crippen LogP contribution in [0.25, 0.3) is 0 Å². The molecule has 1 aliphatic rings. The molecule has 8 heteroatoms. The van der Waals surface area contributed by atoms with Crippen LogP contribution in [0.5, 0.6) is 11.5 Å². The maximum atomic E-state index is 12.5. The van der Waals surface area contributed by atoms with Gasteiger partial charge >= 0.3 is 11.9 Å². The number of carbonyl (C=O) groups is 2. The van der Waals surface area contributed by atoms with Gasteiger partial charge in [-0.1, -0.05) is 50.1 Å². The SMILES string of the molecule is CC1(C)[C@H](C#CC(=O)OCC(F)F)[C@@]1(C(=O)O)C(C#N)c1cccc(Oc2ccccc2)c1. The molecule has 3 rings (SSSR count). The van der Waals surface area contributed by atoms with E-state index in [-0.39, 0.29) is 0 Å². The summed E-state index contributed by atoms with van der Waals surface area (Å²) >= 11 is 0. The number of carbonyl (C=O) groups excluding carboxylic acids is 1. The summed E-state index contributed by atoms with van der Waals surface area (Å²) in [4.78, 5) is 24.1. The number of rotatable bonds is 7. The van der Waals surface area contributed by atoms with Crippen molar-refractivity contribution in [2.75, 3.05) is 6.61 Å². The molecule has 1 fully saturated rings. The van der Waals surface area contributed by atoms with Crippen LogP contribution in [0.3, 0.4) is 0 Å². The van der Waals surface area contributed by atoms with Crippen molar-refractivity contribution in [2.45, 2.75) is 26.2 Å². The molecule has 170 valence electrons. The van der Waals surface area contributed by atoms with Crippen molar-refractivity contribution >= 4 is 11.9 Å². The lowest BCUT2D eigenvalue weighted by Gasteiger charge is -2.22. The van der Waals surface area contributed by atoms with Gasteiger partial charge in [-0.05, 0) is 35.2 Å². The van der Waals surface area contributed by atoms with Crippen molar-refractivity contribution in [1.29, 1.82) is 5.26 Å². The predicted octanol–water partition coefficient (Wildman–Crippen LogP) is 4.62. The molecule has 0 bridgehead atoms. The van der Waals surface area contributed by atoms with Crippen LogP contribution in [-0.4, -0.2) is 30.1 Å². The topological polar surface area (TPSA) is 96.6 Å². The van der Waals surface area contributed by atoms with Crippen molar-refractivity contribution in [3.8, 4) is 29.4 Å². The van der Waals surface area contributed by atoms with E-state index in [1.165, 1.54) is 0 Å². The maximum absolute atomic E-state index is 12.5. The van der Waals surface area contributed by atoms with Gasteiger partial charge in [0, 0.05) is 11.8 Å². The maximum Gasteiger partial charge on any atom is 0.384 e. The number of nitriles is 1. The molecule has 3 atom stereocenters. The molecule has 0 heterocycles. The Hall–Kier alpha value is -3.91. The van der Waals surface area contributed by atoms with Gasteiger partial charge in [0.05, 0.1) is 12.0 Å². The molecule has 0 radical (unpaired) electrons. The number of hydrogen-bond acceptors (Lipinski definition) is 5. The van der Waals surface area contributed by atoms with E-state index in [4.69, 9.17) is 4.74 Å². The second kappa shape index (κ2) is 9.30. The molecular weight excluding hydrogens is 432 g/mol. The number of halogens is 2. The largest absolute Gasteiger partial charge is 0.481 e. The minimum Gasteiger partial charge on any atom is -0.481 e. The van der Waals surface area contributed by atoms with Gasteiger partial charge in [-0.2, -0.15) is 5.26 Å². The summed E-state index contributed by atoms with van der Waals surface area (Å²) in [5.74, 6) is 1.24. The fraction of sp³-hybridized carbons (Fsp3) is 0.320. The van der Waals surface area contributed by atoms with E-state index in [1.807, 2.05) is 6.07 Å². The van der Waals surface area contributed by atoms with Crippen molar-refractivity contribution < 1.29 is 33.0 Å². The van der Waals surface area contributed by atoms with Gasteiger partial charge in [-0.3, -0.25) is 4.79 Å². The summed E-state index contributed by atoms with van der Waals surface area (Å²) in [7, 11) is 0. The molecule has 0 aliphatic heterocycles. The highest BCUT2D eigenvalue weighted by Crippen LogP contribution is 2.74. The second-order valence-corrected chi connectivity index (χ2v) is 8.14. The third-order valence-electron chi connectivity index (χ3n) is 5.93. The van der Waals surface area contributed by atoms with Crippen molar-refractivity contribution in [1.82, 2.24) is 0 Å². The number of carboxylic acids is 1. The fourth-order valence-corrected chi connectivity index (χ4v) is 4.28. The summed E-state index contributed by atoms with van der Waals surface area (Å²) in [6, 6.07) is 17.6. The number of benzene rings is 2. The van der Waals surface area contributed by atoms with Gasteiger partial charge in [0.1, 0.15) is 16.9 Å². The average Bonchev–Trinajstić information content (AvgIpc) is 3.27. The molecule has 0 aromatic heterocycles. The number of para-hydroxylation sites is 1. The number of esters is 1. The Morgan fingerprint density at radius 1 is 1.12 bits per heavy atom. The first-order valence-corrected chi connectivity index (χ1v) is 10.1. The van der Waals surface area contributed by atoms with Gasteiger partial charge < -0.3 is 14.6 Å². The van der Waals surface area contributed by atoms with Gasteiger partial charge in [0.15, 0.2) is 6.61 Å². The zero-order chi connectivity index (χ0) is 24.2. The first-order valence-electron chi connectivity index (χ1n) is 10.1. The number of hydrogen-bond donors (Lipinski definition) is 1. The standard InChI is InChI=1S/C25H21F2NO5/c1-24(2)20(11-12-22(29)32-15-21(26)27)25(24,23(30)31)19(14-28)16-7-6-10-18(13-16)33-17-8-4-3-5-9-17/h3-10,13,19-21H,15H2,1-2H3,(H,30,31)/t19?,20-,25+/m0/s1. The van der Waals surface area contributed by atoms with E-state index in [2.05, 4.69) is 22.6 Å². The monoisotopic (exact) mass is 453 g/mol. The Morgan fingerprint density at radius 3 is 2.39 bits per heavy atom. The second-order valence-electron chi connectivity index (χ2n) is 8.14. The summed E-state index contributed by atoms with van der Waals surface area (Å²) in [6.07, 6.45) is -2.83. The lowest BCUT2D eigenvalue weighted by atomic mass is 9.78. The molecule has 1 N–H and O–H groups in total. The zero-order valence-corrected chi connectivity index (χ0v) is 17.9. The van der Waals surface area contributed by atoms with Crippen LogP contribution >= 0.6 is 0 Å². The fourth-order valence-electron chi connectivity index (χ4n) is 4.28. The highest BCUT2D eigenvalue weighted by Gasteiger charge is 2.79. The van der Waals surface area contributed by atoms with Crippen molar-refractivity contribution in [3.63, 3.8) is 0 Å². The van der Waals surface area contributed by atoms with Gasteiger partial charge in [0.25, 0.3) is 6.43 Å². The molecule has 1 unspecified atom stereocenters. The van der Waals surface area contributed by atoms with E-state index in [0.717, 1.165) is 0 Å². The molecule has 0 spiro atoms. The van der Waals surface area contributed by atoms with Crippen LogP contribution in [0.2, 0.25) is 0 Å². The third-order valence-corrected chi connectivity index (χ3v) is 5.93. The van der Waals surface area contributed by atoms with Gasteiger partial charge in [0.2, 0.25) is 0 Å². The smallest absolute Gasteiger partial charge is 0.384 e. The molecule has 1 saturated carbocycles. The van der Waals surface area contributed by atoms with E-state index in [0.29, 0.717) is 17.1 Å². The average molecular weight is 453 g/mol. The Balaban J connectivity index is 1.92. The highest BCUT2D eigenvalue weighted by molar-refractivity contribution is 5.90. The number of alkyl halides is 2. The predicted molar refractivity (Wildman–Crippen MR) is 113 cm³/mol. The molecule has 1 aliphatic carbocycles. The molecule has 2 aromatic carbocycles. The van der Waals surface area contributed by atoms with Crippen LogP contribution in [0, 0.1) is 39.9 Å². The Kier molecular flexibility index (Phi) is 6.69. The number of nitrogens with zero attached hydrogens (tertiary/aromatic N) is 1. The van der Waals surface area contributed by atoms with Crippen molar-refractivity contribution in [2.24, 2.45) is 16.7 Å². The molecule has 6 nitrogen and oxygen atoms in total. The third kappa shape index (κ3) is 4.51. The quantitative estimate of drug-likeness (QED) is 0.373. The number of carboxylic acid groups (broad SMARTS) is 1. The first-order chi connectivity index (χ1) is 15.6. The minimum absolute atomic E-state index is 0.422.